The number of fused-ring (bicyclic) bond motifs is 6. The molecule has 2 N–H and O–H groups in total. The van der Waals surface area contributed by atoms with Gasteiger partial charge in [-0.15, -0.1) is 0 Å². The van der Waals surface area contributed by atoms with Crippen molar-refractivity contribution in [1.82, 2.24) is 0 Å². The number of allylic oxidation sites excluding steroid dienone is 2. The van der Waals surface area contributed by atoms with E-state index in [9.17, 15) is 24.6 Å². The van der Waals surface area contributed by atoms with E-state index < -0.39 is 33.7 Å². The molecule has 0 radical (unpaired) electrons. The van der Waals surface area contributed by atoms with E-state index in [2.05, 4.69) is 27.7 Å². The van der Waals surface area contributed by atoms with Gasteiger partial charge in [-0.25, -0.2) is 0 Å². The van der Waals surface area contributed by atoms with Crippen molar-refractivity contribution >= 4 is 17.5 Å². The lowest BCUT2D eigenvalue weighted by Gasteiger charge is -2.70. The van der Waals surface area contributed by atoms with E-state index in [-0.39, 0.29) is 46.1 Å². The summed E-state index contributed by atoms with van der Waals surface area (Å²) in [4.78, 5) is 39.8. The Labute approximate surface area is 202 Å². The molecule has 0 aromatic carbocycles. The zero-order chi connectivity index (χ0) is 24.9. The van der Waals surface area contributed by atoms with E-state index >= 15 is 0 Å². The van der Waals surface area contributed by atoms with E-state index in [4.69, 9.17) is 0 Å². The minimum Gasteiger partial charge on any atom is -0.481 e. The van der Waals surface area contributed by atoms with Crippen LogP contribution in [0.4, 0.5) is 0 Å². The van der Waals surface area contributed by atoms with Crippen molar-refractivity contribution in [2.75, 3.05) is 0 Å². The van der Waals surface area contributed by atoms with Gasteiger partial charge in [0.05, 0.1) is 11.5 Å². The van der Waals surface area contributed by atoms with Gasteiger partial charge in [-0.2, -0.15) is 0 Å². The minimum atomic E-state index is -0.769. The van der Waals surface area contributed by atoms with Crippen LogP contribution in [-0.4, -0.2) is 33.9 Å². The summed E-state index contributed by atoms with van der Waals surface area (Å²) in [7, 11) is 0. The van der Waals surface area contributed by atoms with Crippen molar-refractivity contribution in [2.24, 2.45) is 56.2 Å². The van der Waals surface area contributed by atoms with Crippen molar-refractivity contribution in [3.63, 3.8) is 0 Å². The molecule has 0 aromatic rings. The smallest absolute Gasteiger partial charge is 0.310 e. The number of carboxylic acids is 1. The summed E-state index contributed by atoms with van der Waals surface area (Å²) in [5, 5.41) is 22.4. The van der Waals surface area contributed by atoms with Gasteiger partial charge in [0, 0.05) is 23.2 Å². The molecule has 0 spiro atoms. The van der Waals surface area contributed by atoms with E-state index in [0.29, 0.717) is 25.7 Å². The average molecular weight is 469 g/mol. The molecule has 0 unspecified atom stereocenters. The zero-order valence-corrected chi connectivity index (χ0v) is 21.5. The Hall–Kier alpha value is -1.49. The summed E-state index contributed by atoms with van der Waals surface area (Å²) in [5.41, 5.74) is -1.82. The van der Waals surface area contributed by atoms with Gasteiger partial charge < -0.3 is 10.2 Å². The third kappa shape index (κ3) is 2.10. The fourth-order valence-electron chi connectivity index (χ4n) is 11.4. The summed E-state index contributed by atoms with van der Waals surface area (Å²) in [6.07, 6.45) is 5.99. The van der Waals surface area contributed by atoms with Gasteiger partial charge in [-0.3, -0.25) is 14.4 Å². The van der Waals surface area contributed by atoms with E-state index in [1.54, 1.807) is 0 Å². The Morgan fingerprint density at radius 2 is 1.65 bits per heavy atom. The molecule has 5 heteroatoms. The number of rotatable bonds is 1. The second kappa shape index (κ2) is 6.07. The van der Waals surface area contributed by atoms with Gasteiger partial charge in [0.1, 0.15) is 5.78 Å². The first-order valence-corrected chi connectivity index (χ1v) is 13.3. The Morgan fingerprint density at radius 1 is 0.971 bits per heavy atom. The van der Waals surface area contributed by atoms with Gasteiger partial charge in [-0.1, -0.05) is 47.1 Å². The molecule has 0 aliphatic heterocycles. The molecule has 0 amide bonds. The third-order valence-corrected chi connectivity index (χ3v) is 13.3. The van der Waals surface area contributed by atoms with Gasteiger partial charge >= 0.3 is 5.97 Å². The van der Waals surface area contributed by atoms with Crippen molar-refractivity contribution in [2.45, 2.75) is 92.6 Å². The summed E-state index contributed by atoms with van der Waals surface area (Å²) in [6, 6.07) is 0. The number of hydrogen-bond donors (Lipinski definition) is 2. The van der Waals surface area contributed by atoms with Crippen LogP contribution in [-0.2, 0) is 14.4 Å². The number of carbonyl (C=O) groups excluding carboxylic acids is 2. The lowest BCUT2D eigenvalue weighted by Crippen LogP contribution is -2.70. The molecule has 0 saturated heterocycles. The van der Waals surface area contributed by atoms with Gasteiger partial charge in [0.25, 0.3) is 0 Å². The highest BCUT2D eigenvalue weighted by atomic mass is 16.4. The fraction of sp³-hybridized carbons (Fsp3) is 0.828. The number of carbonyl (C=O) groups is 3. The van der Waals surface area contributed by atoms with Crippen molar-refractivity contribution < 1.29 is 24.6 Å². The van der Waals surface area contributed by atoms with Crippen LogP contribution >= 0.6 is 0 Å². The standard InChI is InChI=1S/C29H40O5/c1-24(2)18-12-21(32)28(6)22(26(18,4)8-7-20(24)31)17(30)11-15-16-13-25(3)9-10-29(16,23(33)34)19(25)14-27(15,28)5/h11,16,18-19,21-22,32H,7-10,12-14H2,1-6H3,(H,33,34)/t16-,18-,19-,21+,22+,25+,26-,27+,28+,29+/m0/s1. The molecule has 6 rings (SSSR count). The topological polar surface area (TPSA) is 91.7 Å². The average Bonchev–Trinajstić information content (AvgIpc) is 3.12. The lowest BCUT2D eigenvalue weighted by molar-refractivity contribution is -0.223. The summed E-state index contributed by atoms with van der Waals surface area (Å²) >= 11 is 0. The number of aliphatic hydroxyl groups excluding tert-OH is 1. The molecular weight excluding hydrogens is 428 g/mol. The molecule has 10 atom stereocenters. The number of ketones is 2. The molecule has 5 fully saturated rings. The maximum Gasteiger partial charge on any atom is 0.310 e. The maximum atomic E-state index is 14.1. The van der Waals surface area contributed by atoms with Crippen LogP contribution in [0.3, 0.4) is 0 Å². The number of hydrogen-bond acceptors (Lipinski definition) is 4. The minimum absolute atomic E-state index is 0.0234. The van der Waals surface area contributed by atoms with E-state index in [1.165, 1.54) is 0 Å². The second-order valence-electron chi connectivity index (χ2n) is 14.5. The van der Waals surface area contributed by atoms with Crippen LogP contribution in [0.25, 0.3) is 0 Å². The SMILES string of the molecule is CC1(C)C(=O)CC[C@]2(C)[C@H]3C(=O)C=C4[C@@H]5C[C@@]6(C)CC[C@]5(C(=O)O)[C@H]6C[C@@]4(C)[C@]3(C)[C@H](O)C[C@@H]12. The highest BCUT2D eigenvalue weighted by Crippen LogP contribution is 2.81. The molecule has 34 heavy (non-hydrogen) atoms. The zero-order valence-electron chi connectivity index (χ0n) is 21.5. The number of Topliss-reactive ketones (excluding diaryl/α,β-unsaturated/α-hetero) is 1. The Bertz CT molecular complexity index is 1070. The quantitative estimate of drug-likeness (QED) is 0.576. The van der Waals surface area contributed by atoms with E-state index in [1.807, 2.05) is 19.9 Å². The molecule has 6 aliphatic rings. The van der Waals surface area contributed by atoms with Crippen LogP contribution in [0, 0.1) is 56.2 Å². The highest BCUT2D eigenvalue weighted by molar-refractivity contribution is 5.97. The summed E-state index contributed by atoms with van der Waals surface area (Å²) in [5.74, 6) is -0.878. The number of aliphatic hydroxyl groups is 1. The van der Waals surface area contributed by atoms with Crippen LogP contribution in [0.1, 0.15) is 86.5 Å². The van der Waals surface area contributed by atoms with Crippen LogP contribution < -0.4 is 0 Å². The predicted molar refractivity (Wildman–Crippen MR) is 127 cm³/mol. The Morgan fingerprint density at radius 3 is 2.29 bits per heavy atom. The molecule has 5 saturated carbocycles. The molecule has 4 bridgehead atoms. The number of carboxylic acid groups (broad SMARTS) is 1. The monoisotopic (exact) mass is 468 g/mol. The Balaban J connectivity index is 1.55. The second-order valence-corrected chi connectivity index (χ2v) is 14.5. The third-order valence-electron chi connectivity index (χ3n) is 13.3. The molecule has 0 heterocycles. The lowest BCUT2D eigenvalue weighted by atomic mass is 9.33. The number of aliphatic carboxylic acids is 1. The normalized spacial score (nSPS) is 56.9. The van der Waals surface area contributed by atoms with Crippen LogP contribution in [0.5, 0.6) is 0 Å². The van der Waals surface area contributed by atoms with Gasteiger partial charge in [-0.05, 0) is 78.6 Å². The summed E-state index contributed by atoms with van der Waals surface area (Å²) < 4.78 is 0. The van der Waals surface area contributed by atoms with Crippen molar-refractivity contribution in [1.29, 1.82) is 0 Å². The molecule has 6 aliphatic carbocycles. The van der Waals surface area contributed by atoms with Crippen molar-refractivity contribution in [3.05, 3.63) is 11.6 Å². The van der Waals surface area contributed by atoms with E-state index in [0.717, 1.165) is 24.8 Å². The first-order valence-electron chi connectivity index (χ1n) is 13.3. The van der Waals surface area contributed by atoms with Gasteiger partial charge in [0.2, 0.25) is 0 Å². The first-order chi connectivity index (χ1) is 15.6. The predicted octanol–water partition coefficient (Wildman–Crippen LogP) is 4.81. The first kappa shape index (κ1) is 22.9. The van der Waals surface area contributed by atoms with Crippen LogP contribution in [0.2, 0.25) is 0 Å². The fourth-order valence-corrected chi connectivity index (χ4v) is 11.4. The molecule has 0 aromatic heterocycles. The maximum absolute atomic E-state index is 14.1. The van der Waals surface area contributed by atoms with Gasteiger partial charge in [0.15, 0.2) is 5.78 Å². The molecular formula is C29H40O5. The van der Waals surface area contributed by atoms with Crippen LogP contribution in [0.15, 0.2) is 11.6 Å². The highest BCUT2D eigenvalue weighted by Gasteiger charge is 2.79. The Kier molecular flexibility index (Phi) is 4.10. The van der Waals surface area contributed by atoms with Crippen molar-refractivity contribution in [3.8, 4) is 0 Å². The summed E-state index contributed by atoms with van der Waals surface area (Å²) in [6.45, 7) is 12.8. The molecule has 186 valence electrons. The molecule has 5 nitrogen and oxygen atoms in total. The largest absolute Gasteiger partial charge is 0.481 e.